The molecular weight excluding hydrogens is 290 g/mol. The van der Waals surface area contributed by atoms with Gasteiger partial charge in [-0.2, -0.15) is 0 Å². The van der Waals surface area contributed by atoms with Crippen LogP contribution in [0.25, 0.3) is 10.9 Å². The molecule has 3 heteroatoms. The average Bonchev–Trinajstić information content (AvgIpc) is 2.44. The number of aromatic nitrogens is 1. The van der Waals surface area contributed by atoms with Gasteiger partial charge in [0.25, 0.3) is 0 Å². The molecule has 1 aromatic carbocycles. The van der Waals surface area contributed by atoms with Crippen molar-refractivity contribution in [1.82, 2.24) is 4.98 Å². The summed E-state index contributed by atoms with van der Waals surface area (Å²) in [5, 5.41) is 2.12. The van der Waals surface area contributed by atoms with Crippen molar-refractivity contribution in [1.29, 1.82) is 0 Å². The summed E-state index contributed by atoms with van der Waals surface area (Å²) in [4.78, 5) is 4.82. The second-order valence-electron chi connectivity index (χ2n) is 4.74. The van der Waals surface area contributed by atoms with Gasteiger partial charge in [-0.3, -0.25) is 4.98 Å². The number of ether oxygens (including phenoxy) is 1. The van der Waals surface area contributed by atoms with E-state index in [1.807, 2.05) is 6.07 Å². The molecule has 0 saturated heterocycles. The second-order valence-corrected chi connectivity index (χ2v) is 5.30. The van der Waals surface area contributed by atoms with Crippen LogP contribution < -0.4 is 4.74 Å². The minimum absolute atomic E-state index is 0.890. The molecule has 0 atom stereocenters. The highest BCUT2D eigenvalue weighted by Gasteiger charge is 2.17. The van der Waals surface area contributed by atoms with Crippen molar-refractivity contribution in [3.8, 4) is 5.75 Å². The number of rotatable bonds is 2. The minimum Gasteiger partial charge on any atom is -0.497 e. The number of methoxy groups -OCH3 is 1. The Hall–Kier alpha value is -1.09. The maximum absolute atomic E-state index is 5.32. The molecule has 2 aromatic rings. The van der Waals surface area contributed by atoms with Crippen LogP contribution >= 0.6 is 15.9 Å². The molecule has 0 bridgehead atoms. The first kappa shape index (κ1) is 12.0. The van der Waals surface area contributed by atoms with E-state index in [4.69, 9.17) is 9.72 Å². The molecule has 0 fully saturated rings. The summed E-state index contributed by atoms with van der Waals surface area (Å²) in [5.74, 6) is 0.905. The third-order valence-electron chi connectivity index (χ3n) is 3.72. The van der Waals surface area contributed by atoms with E-state index in [2.05, 4.69) is 28.1 Å². The molecule has 1 aliphatic carbocycles. The fourth-order valence-corrected chi connectivity index (χ4v) is 3.42. The van der Waals surface area contributed by atoms with Crippen molar-refractivity contribution < 1.29 is 4.74 Å². The largest absolute Gasteiger partial charge is 0.497 e. The fourth-order valence-electron chi connectivity index (χ4n) is 2.78. The first-order valence-corrected chi connectivity index (χ1v) is 7.50. The highest BCUT2D eigenvalue weighted by atomic mass is 79.9. The third-order valence-corrected chi connectivity index (χ3v) is 4.28. The summed E-state index contributed by atoms with van der Waals surface area (Å²) in [7, 11) is 1.71. The lowest BCUT2D eigenvalue weighted by Gasteiger charge is -2.20. The number of benzene rings is 1. The zero-order valence-electron chi connectivity index (χ0n) is 10.5. The Morgan fingerprint density at radius 3 is 2.89 bits per heavy atom. The zero-order valence-corrected chi connectivity index (χ0v) is 12.1. The summed E-state index contributed by atoms with van der Waals surface area (Å²) in [5.41, 5.74) is 5.24. The number of hydrogen-bond donors (Lipinski definition) is 0. The highest BCUT2D eigenvalue weighted by molar-refractivity contribution is 9.08. The van der Waals surface area contributed by atoms with Gasteiger partial charge >= 0.3 is 0 Å². The number of fused-ring (bicyclic) bond motifs is 2. The first-order valence-electron chi connectivity index (χ1n) is 6.38. The molecule has 94 valence electrons. The van der Waals surface area contributed by atoms with Crippen molar-refractivity contribution in [2.45, 2.75) is 31.0 Å². The van der Waals surface area contributed by atoms with E-state index in [0.717, 1.165) is 29.4 Å². The SMILES string of the molecule is COc1ccc2nc3c(c(CBr)c2c1)CCCC3. The lowest BCUT2D eigenvalue weighted by atomic mass is 9.90. The number of hydrogen-bond acceptors (Lipinski definition) is 2. The van der Waals surface area contributed by atoms with Crippen LogP contribution in [0.15, 0.2) is 18.2 Å². The van der Waals surface area contributed by atoms with Crippen molar-refractivity contribution in [3.05, 3.63) is 35.0 Å². The number of alkyl halides is 1. The molecule has 1 heterocycles. The Balaban J connectivity index is 2.30. The predicted molar refractivity (Wildman–Crippen MR) is 77.6 cm³/mol. The molecule has 1 aromatic heterocycles. The van der Waals surface area contributed by atoms with E-state index in [1.54, 1.807) is 7.11 Å². The Bertz CT molecular complexity index is 595. The van der Waals surface area contributed by atoms with Crippen LogP contribution in [-0.4, -0.2) is 12.1 Å². The Kier molecular flexibility index (Phi) is 3.25. The summed E-state index contributed by atoms with van der Waals surface area (Å²) in [6.07, 6.45) is 4.83. The topological polar surface area (TPSA) is 22.1 Å². The van der Waals surface area contributed by atoms with Crippen molar-refractivity contribution in [3.63, 3.8) is 0 Å². The lowest BCUT2D eigenvalue weighted by molar-refractivity contribution is 0.415. The van der Waals surface area contributed by atoms with Crippen LogP contribution in [0.2, 0.25) is 0 Å². The van der Waals surface area contributed by atoms with E-state index in [0.29, 0.717) is 0 Å². The van der Waals surface area contributed by atoms with E-state index in [1.165, 1.54) is 35.0 Å². The van der Waals surface area contributed by atoms with Crippen LogP contribution in [0, 0.1) is 0 Å². The quantitative estimate of drug-likeness (QED) is 0.782. The summed E-state index contributed by atoms with van der Waals surface area (Å²) in [6.45, 7) is 0. The first-order chi connectivity index (χ1) is 8.83. The van der Waals surface area contributed by atoms with Gasteiger partial charge in [0.1, 0.15) is 5.75 Å². The molecular formula is C15H16BrNO. The molecule has 0 N–H and O–H groups in total. The normalized spacial score (nSPS) is 14.6. The van der Waals surface area contributed by atoms with Crippen LogP contribution in [0.3, 0.4) is 0 Å². The van der Waals surface area contributed by atoms with Gasteiger partial charge in [-0.05, 0) is 55.0 Å². The van der Waals surface area contributed by atoms with Gasteiger partial charge in [-0.15, -0.1) is 0 Å². The average molecular weight is 306 g/mol. The Morgan fingerprint density at radius 1 is 1.28 bits per heavy atom. The fraction of sp³-hybridized carbons (Fsp3) is 0.400. The van der Waals surface area contributed by atoms with E-state index >= 15 is 0 Å². The van der Waals surface area contributed by atoms with Crippen LogP contribution in [0.5, 0.6) is 5.75 Å². The maximum atomic E-state index is 5.32. The molecule has 0 radical (unpaired) electrons. The zero-order chi connectivity index (χ0) is 12.5. The summed E-state index contributed by atoms with van der Waals surface area (Å²) < 4.78 is 5.32. The number of halogens is 1. The standard InChI is InChI=1S/C15H16BrNO/c1-18-10-6-7-15-12(8-10)13(9-16)11-4-2-3-5-14(11)17-15/h6-8H,2-5,9H2,1H3. The van der Waals surface area contributed by atoms with Gasteiger partial charge in [0.05, 0.1) is 12.6 Å². The van der Waals surface area contributed by atoms with Gasteiger partial charge in [0.15, 0.2) is 0 Å². The smallest absolute Gasteiger partial charge is 0.119 e. The van der Waals surface area contributed by atoms with E-state index in [-0.39, 0.29) is 0 Å². The molecule has 0 aliphatic heterocycles. The van der Waals surface area contributed by atoms with Gasteiger partial charge < -0.3 is 4.74 Å². The van der Waals surface area contributed by atoms with Crippen molar-refractivity contribution in [2.24, 2.45) is 0 Å². The highest BCUT2D eigenvalue weighted by Crippen LogP contribution is 2.32. The van der Waals surface area contributed by atoms with E-state index in [9.17, 15) is 0 Å². The number of aryl methyl sites for hydroxylation is 1. The molecule has 0 spiro atoms. The molecule has 2 nitrogen and oxygen atoms in total. The molecule has 18 heavy (non-hydrogen) atoms. The molecule has 3 rings (SSSR count). The van der Waals surface area contributed by atoms with Crippen molar-refractivity contribution in [2.75, 3.05) is 7.11 Å². The Labute approximate surface area is 115 Å². The predicted octanol–water partition coefficient (Wildman–Crippen LogP) is 4.02. The molecule has 1 aliphatic rings. The number of nitrogens with zero attached hydrogens (tertiary/aromatic N) is 1. The molecule has 0 amide bonds. The van der Waals surface area contributed by atoms with Crippen molar-refractivity contribution >= 4 is 26.8 Å². The molecule has 0 saturated carbocycles. The van der Waals surface area contributed by atoms with Gasteiger partial charge in [-0.1, -0.05) is 15.9 Å². The van der Waals surface area contributed by atoms with Gasteiger partial charge in [-0.25, -0.2) is 0 Å². The van der Waals surface area contributed by atoms with Crippen LogP contribution in [0.1, 0.15) is 29.7 Å². The molecule has 0 unspecified atom stereocenters. The summed E-state index contributed by atoms with van der Waals surface area (Å²) in [6, 6.07) is 6.16. The van der Waals surface area contributed by atoms with E-state index < -0.39 is 0 Å². The van der Waals surface area contributed by atoms with Crippen LogP contribution in [0.4, 0.5) is 0 Å². The lowest BCUT2D eigenvalue weighted by Crippen LogP contribution is -2.09. The van der Waals surface area contributed by atoms with Gasteiger partial charge in [0, 0.05) is 16.4 Å². The minimum atomic E-state index is 0.890. The third kappa shape index (κ3) is 1.91. The monoisotopic (exact) mass is 305 g/mol. The Morgan fingerprint density at radius 2 is 2.11 bits per heavy atom. The van der Waals surface area contributed by atoms with Gasteiger partial charge in [0.2, 0.25) is 0 Å². The second kappa shape index (κ2) is 4.88. The summed E-state index contributed by atoms with van der Waals surface area (Å²) >= 11 is 3.64. The maximum Gasteiger partial charge on any atom is 0.119 e. The van der Waals surface area contributed by atoms with Crippen LogP contribution in [-0.2, 0) is 18.2 Å². The number of pyridine rings is 1.